The molecule has 0 unspecified atom stereocenters. The molecule has 1 aromatic rings. The topological polar surface area (TPSA) is 32.3 Å². The molecule has 0 amide bonds. The Balaban J connectivity index is 2.42. The number of rotatable bonds is 7. The van der Waals surface area contributed by atoms with Crippen LogP contribution < -0.4 is 5.32 Å². The van der Waals surface area contributed by atoms with Gasteiger partial charge in [0, 0.05) is 25.1 Å². The Morgan fingerprint density at radius 1 is 1.31 bits per heavy atom. The Labute approximate surface area is 103 Å². The van der Waals surface area contributed by atoms with E-state index in [1.54, 1.807) is 11.3 Å². The lowest BCUT2D eigenvalue weighted by Crippen LogP contribution is -2.36. The number of aryl methyl sites for hydroxylation is 1. The maximum absolute atomic E-state index is 9.45. The fourth-order valence-electron chi connectivity index (χ4n) is 1.81. The lowest BCUT2D eigenvalue weighted by Gasteiger charge is -2.29. The summed E-state index contributed by atoms with van der Waals surface area (Å²) < 4.78 is 0. The molecule has 0 aromatic carbocycles. The molecule has 16 heavy (non-hydrogen) atoms. The Morgan fingerprint density at radius 2 is 2.00 bits per heavy atom. The predicted molar refractivity (Wildman–Crippen MR) is 70.9 cm³/mol. The van der Waals surface area contributed by atoms with E-state index in [4.69, 9.17) is 0 Å². The van der Waals surface area contributed by atoms with Crippen molar-refractivity contribution in [2.75, 3.05) is 13.2 Å². The molecular weight excluding hydrogens is 218 g/mol. The summed E-state index contributed by atoms with van der Waals surface area (Å²) >= 11 is 1.75. The number of hydrogen-bond acceptors (Lipinski definition) is 3. The van der Waals surface area contributed by atoms with Gasteiger partial charge in [0.2, 0.25) is 0 Å². The third-order valence-electron chi connectivity index (χ3n) is 3.61. The maximum Gasteiger partial charge on any atom is 0.0499 e. The number of nitrogens with one attached hydrogen (secondary N) is 1. The average Bonchev–Trinajstić information content (AvgIpc) is 2.71. The monoisotopic (exact) mass is 241 g/mol. The summed E-state index contributed by atoms with van der Waals surface area (Å²) in [6.45, 7) is 8.53. The molecule has 0 spiro atoms. The van der Waals surface area contributed by atoms with Crippen molar-refractivity contribution in [3.8, 4) is 0 Å². The molecule has 0 aliphatic heterocycles. The Hall–Kier alpha value is -0.380. The highest BCUT2D eigenvalue weighted by Crippen LogP contribution is 2.24. The molecule has 0 aliphatic rings. The van der Waals surface area contributed by atoms with Crippen molar-refractivity contribution in [3.05, 3.63) is 21.9 Å². The zero-order valence-electron chi connectivity index (χ0n) is 10.5. The molecule has 3 heteroatoms. The van der Waals surface area contributed by atoms with Gasteiger partial charge >= 0.3 is 0 Å². The summed E-state index contributed by atoms with van der Waals surface area (Å²) in [6.07, 6.45) is 2.05. The summed E-state index contributed by atoms with van der Waals surface area (Å²) in [4.78, 5) is 0. The number of aliphatic hydroxyl groups is 1. The minimum atomic E-state index is 0.0595. The average molecular weight is 241 g/mol. The van der Waals surface area contributed by atoms with E-state index in [9.17, 15) is 5.11 Å². The fourth-order valence-corrected chi connectivity index (χ4v) is 2.67. The van der Waals surface area contributed by atoms with Crippen LogP contribution in [0, 0.1) is 12.3 Å². The minimum absolute atomic E-state index is 0.0595. The first-order chi connectivity index (χ1) is 7.67. The summed E-state index contributed by atoms with van der Waals surface area (Å²) in [5, 5.41) is 17.3. The van der Waals surface area contributed by atoms with Crippen molar-refractivity contribution in [3.63, 3.8) is 0 Å². The van der Waals surface area contributed by atoms with E-state index >= 15 is 0 Å². The van der Waals surface area contributed by atoms with Crippen molar-refractivity contribution in [2.45, 2.75) is 40.2 Å². The molecule has 2 nitrogen and oxygen atoms in total. The Morgan fingerprint density at radius 3 is 2.44 bits per heavy atom. The van der Waals surface area contributed by atoms with Gasteiger partial charge in [0.25, 0.3) is 0 Å². The van der Waals surface area contributed by atoms with Crippen LogP contribution in [0.25, 0.3) is 0 Å². The molecule has 1 heterocycles. The van der Waals surface area contributed by atoms with Crippen molar-refractivity contribution in [1.82, 2.24) is 5.32 Å². The molecule has 2 N–H and O–H groups in total. The quantitative estimate of drug-likeness (QED) is 0.769. The Kier molecular flexibility index (Phi) is 5.46. The molecule has 0 radical (unpaired) electrons. The standard InChI is InChI=1S/C13H23NOS/c1-4-13(5-2,10-15)9-14-6-12-8-16-7-11(12)3/h7-8,14-15H,4-6,9-10H2,1-3H3. The normalized spacial score (nSPS) is 12.0. The largest absolute Gasteiger partial charge is 0.396 e. The summed E-state index contributed by atoms with van der Waals surface area (Å²) in [6, 6.07) is 0. The van der Waals surface area contributed by atoms with Gasteiger partial charge < -0.3 is 10.4 Å². The lowest BCUT2D eigenvalue weighted by atomic mass is 9.83. The highest BCUT2D eigenvalue weighted by atomic mass is 32.1. The van der Waals surface area contributed by atoms with Gasteiger partial charge in [-0.3, -0.25) is 0 Å². The van der Waals surface area contributed by atoms with E-state index in [1.807, 2.05) is 0 Å². The zero-order chi connectivity index (χ0) is 12.0. The minimum Gasteiger partial charge on any atom is -0.396 e. The van der Waals surface area contributed by atoms with Crippen molar-refractivity contribution in [2.24, 2.45) is 5.41 Å². The second-order valence-electron chi connectivity index (χ2n) is 4.55. The second kappa shape index (κ2) is 6.38. The first kappa shape index (κ1) is 13.7. The third kappa shape index (κ3) is 3.30. The molecule has 0 saturated heterocycles. The SMILES string of the molecule is CCC(CC)(CO)CNCc1cscc1C. The van der Waals surface area contributed by atoms with Gasteiger partial charge in [-0.15, -0.1) is 0 Å². The summed E-state index contributed by atoms with van der Waals surface area (Å²) in [7, 11) is 0. The van der Waals surface area contributed by atoms with E-state index in [1.165, 1.54) is 11.1 Å². The molecule has 1 rings (SSSR count). The van der Waals surface area contributed by atoms with Crippen LogP contribution >= 0.6 is 11.3 Å². The molecule has 0 bridgehead atoms. The van der Waals surface area contributed by atoms with Crippen LogP contribution in [0.3, 0.4) is 0 Å². The highest BCUT2D eigenvalue weighted by molar-refractivity contribution is 7.08. The summed E-state index contributed by atoms with van der Waals surface area (Å²) in [5.41, 5.74) is 2.80. The molecule has 92 valence electrons. The van der Waals surface area contributed by atoms with E-state index in [-0.39, 0.29) is 12.0 Å². The van der Waals surface area contributed by atoms with E-state index in [0.29, 0.717) is 0 Å². The lowest BCUT2D eigenvalue weighted by molar-refractivity contribution is 0.113. The summed E-state index contributed by atoms with van der Waals surface area (Å²) in [5.74, 6) is 0. The van der Waals surface area contributed by atoms with Gasteiger partial charge in [0.15, 0.2) is 0 Å². The van der Waals surface area contributed by atoms with Crippen LogP contribution in [-0.2, 0) is 6.54 Å². The van der Waals surface area contributed by atoms with Gasteiger partial charge in [0.1, 0.15) is 0 Å². The molecule has 0 saturated carbocycles. The third-order valence-corrected chi connectivity index (χ3v) is 4.52. The number of aliphatic hydroxyl groups excluding tert-OH is 1. The van der Waals surface area contributed by atoms with Crippen molar-refractivity contribution >= 4 is 11.3 Å². The van der Waals surface area contributed by atoms with Gasteiger partial charge in [-0.2, -0.15) is 11.3 Å². The van der Waals surface area contributed by atoms with Crippen LogP contribution in [0.1, 0.15) is 37.8 Å². The van der Waals surface area contributed by atoms with Crippen LogP contribution in [0.2, 0.25) is 0 Å². The van der Waals surface area contributed by atoms with Gasteiger partial charge in [-0.1, -0.05) is 13.8 Å². The van der Waals surface area contributed by atoms with Crippen LogP contribution in [0.15, 0.2) is 10.8 Å². The van der Waals surface area contributed by atoms with Crippen molar-refractivity contribution < 1.29 is 5.11 Å². The van der Waals surface area contributed by atoms with Crippen LogP contribution in [-0.4, -0.2) is 18.3 Å². The Bertz CT molecular complexity index is 296. The predicted octanol–water partition coefficient (Wildman–Crippen LogP) is 2.94. The molecule has 0 atom stereocenters. The molecule has 0 fully saturated rings. The molecular formula is C13H23NOS. The van der Waals surface area contributed by atoms with Crippen molar-refractivity contribution in [1.29, 1.82) is 0 Å². The number of hydrogen-bond donors (Lipinski definition) is 2. The van der Waals surface area contributed by atoms with Gasteiger partial charge in [0.05, 0.1) is 0 Å². The first-order valence-electron chi connectivity index (χ1n) is 6.00. The first-order valence-corrected chi connectivity index (χ1v) is 6.95. The van der Waals surface area contributed by atoms with E-state index in [2.05, 4.69) is 36.8 Å². The fraction of sp³-hybridized carbons (Fsp3) is 0.692. The van der Waals surface area contributed by atoms with Crippen LogP contribution in [0.4, 0.5) is 0 Å². The number of thiophene rings is 1. The highest BCUT2D eigenvalue weighted by Gasteiger charge is 2.24. The molecule has 1 aromatic heterocycles. The van der Waals surface area contributed by atoms with E-state index < -0.39 is 0 Å². The van der Waals surface area contributed by atoms with Gasteiger partial charge in [-0.25, -0.2) is 0 Å². The van der Waals surface area contributed by atoms with Gasteiger partial charge in [-0.05, 0) is 41.7 Å². The van der Waals surface area contributed by atoms with Crippen LogP contribution in [0.5, 0.6) is 0 Å². The zero-order valence-corrected chi connectivity index (χ0v) is 11.4. The van der Waals surface area contributed by atoms with E-state index in [0.717, 1.165) is 25.9 Å². The smallest absolute Gasteiger partial charge is 0.0499 e. The maximum atomic E-state index is 9.45. The molecule has 0 aliphatic carbocycles. The second-order valence-corrected chi connectivity index (χ2v) is 5.29.